The topological polar surface area (TPSA) is 77.4 Å². The average Bonchev–Trinajstić information content (AvgIpc) is 2.59. The van der Waals surface area contributed by atoms with Crippen LogP contribution in [-0.4, -0.2) is 29.4 Å². The molecule has 0 aliphatic heterocycles. The molecule has 0 spiro atoms. The van der Waals surface area contributed by atoms with E-state index in [1.165, 1.54) is 64.2 Å². The van der Waals surface area contributed by atoms with Crippen LogP contribution < -0.4 is 29.6 Å². The van der Waals surface area contributed by atoms with Crippen molar-refractivity contribution in [1.82, 2.24) is 0 Å². The number of hydrogen-bond acceptors (Lipinski definition) is 4. The van der Waals surface area contributed by atoms with E-state index in [1.807, 2.05) is 13.8 Å². The van der Waals surface area contributed by atoms with Crippen LogP contribution in [0, 0.1) is 0 Å². The largest absolute Gasteiger partial charge is 1.00 e. The van der Waals surface area contributed by atoms with Crippen LogP contribution in [0.3, 0.4) is 0 Å². The van der Waals surface area contributed by atoms with Gasteiger partial charge in [0.1, 0.15) is 0 Å². The first-order valence-corrected chi connectivity index (χ1v) is 13.0. The molecule has 2 atom stereocenters. The Kier molecular flexibility index (Phi) is 23.4. The van der Waals surface area contributed by atoms with Crippen molar-refractivity contribution in [2.24, 2.45) is 0 Å². The molecule has 0 rings (SSSR count). The summed E-state index contributed by atoms with van der Waals surface area (Å²) in [7, 11) is -4.11. The first-order chi connectivity index (χ1) is 12.9. The summed E-state index contributed by atoms with van der Waals surface area (Å²) >= 11 is 0. The van der Waals surface area contributed by atoms with Gasteiger partial charge in [0.15, 0.2) is 0 Å². The van der Waals surface area contributed by atoms with Gasteiger partial charge in [0.2, 0.25) is 0 Å². The number of hydrogen-bond donors (Lipinski definition) is 1. The molecule has 0 saturated carbocycles. The van der Waals surface area contributed by atoms with Gasteiger partial charge in [-0.15, -0.1) is 0 Å². The first-order valence-electron chi connectivity index (χ1n) is 11.5. The van der Waals surface area contributed by atoms with E-state index in [0.717, 1.165) is 38.5 Å². The van der Waals surface area contributed by atoms with E-state index >= 15 is 0 Å². The summed E-state index contributed by atoms with van der Waals surface area (Å²) < 4.78 is 33.5. The first kappa shape index (κ1) is 31.1. The Labute approximate surface area is 197 Å². The summed E-state index contributed by atoms with van der Waals surface area (Å²) in [5.74, 6) is 0. The van der Waals surface area contributed by atoms with Crippen molar-refractivity contribution in [3.8, 4) is 0 Å². The van der Waals surface area contributed by atoms with Gasteiger partial charge in [0, 0.05) is 5.25 Å². The second-order valence-corrected chi connectivity index (χ2v) is 9.93. The van der Waals surface area contributed by atoms with E-state index in [9.17, 15) is 18.1 Å². The van der Waals surface area contributed by atoms with Gasteiger partial charge in [-0.25, -0.2) is 8.42 Å². The van der Waals surface area contributed by atoms with Crippen molar-refractivity contribution < 1.29 is 47.6 Å². The van der Waals surface area contributed by atoms with Crippen molar-refractivity contribution in [1.29, 1.82) is 0 Å². The van der Waals surface area contributed by atoms with E-state index in [4.69, 9.17) is 0 Å². The molecule has 4 nitrogen and oxygen atoms in total. The Balaban J connectivity index is 0. The summed E-state index contributed by atoms with van der Waals surface area (Å²) in [6, 6.07) is 0. The minimum absolute atomic E-state index is 0. The Morgan fingerprint density at radius 3 is 1.29 bits per heavy atom. The molecule has 2 unspecified atom stereocenters. The van der Waals surface area contributed by atoms with Crippen LogP contribution >= 0.6 is 0 Å². The third-order valence-electron chi connectivity index (χ3n) is 5.42. The van der Waals surface area contributed by atoms with Gasteiger partial charge in [-0.1, -0.05) is 103 Å². The zero-order chi connectivity index (χ0) is 20.4. The van der Waals surface area contributed by atoms with Crippen LogP contribution in [0.5, 0.6) is 0 Å². The van der Waals surface area contributed by atoms with Gasteiger partial charge in [-0.3, -0.25) is 0 Å². The monoisotopic (exact) mass is 428 g/mol. The molecule has 0 aliphatic carbocycles. The molecule has 6 heteroatoms. The van der Waals surface area contributed by atoms with Gasteiger partial charge in [0.05, 0.1) is 16.2 Å². The minimum Gasteiger partial charge on any atom is -0.748 e. The van der Waals surface area contributed by atoms with E-state index in [0.29, 0.717) is 12.8 Å². The second-order valence-electron chi connectivity index (χ2n) is 8.28. The SMILES string of the molecule is CCCC(CCCCCCCCCCCCCCCCC(C)O)S(=O)(=O)[O-].[Na+]. The molecule has 0 aromatic rings. The molecule has 0 fully saturated rings. The third-order valence-corrected chi connectivity index (χ3v) is 6.70. The molecule has 0 heterocycles. The van der Waals surface area contributed by atoms with Gasteiger partial charge < -0.3 is 9.66 Å². The van der Waals surface area contributed by atoms with Crippen LogP contribution in [-0.2, 0) is 10.1 Å². The van der Waals surface area contributed by atoms with Crippen LogP contribution in [0.4, 0.5) is 0 Å². The van der Waals surface area contributed by atoms with Crippen LogP contribution in [0.15, 0.2) is 0 Å². The maximum Gasteiger partial charge on any atom is 1.00 e. The molecule has 164 valence electrons. The molecule has 28 heavy (non-hydrogen) atoms. The van der Waals surface area contributed by atoms with E-state index in [-0.39, 0.29) is 35.7 Å². The molecule has 0 bridgehead atoms. The number of aliphatic hydroxyl groups excluding tert-OH is 1. The van der Waals surface area contributed by atoms with Gasteiger partial charge in [-0.2, -0.15) is 0 Å². The average molecular weight is 429 g/mol. The zero-order valence-electron chi connectivity index (χ0n) is 19.0. The Morgan fingerprint density at radius 2 is 1.00 bits per heavy atom. The van der Waals surface area contributed by atoms with Crippen molar-refractivity contribution in [3.05, 3.63) is 0 Å². The maximum atomic E-state index is 11.2. The molecular formula is C22H45NaO4S. The fourth-order valence-corrected chi connectivity index (χ4v) is 4.67. The van der Waals surface area contributed by atoms with Crippen LogP contribution in [0.1, 0.15) is 129 Å². The Morgan fingerprint density at radius 1 is 0.679 bits per heavy atom. The predicted molar refractivity (Wildman–Crippen MR) is 114 cm³/mol. The normalized spacial score (nSPS) is 13.9. The molecule has 0 aromatic carbocycles. The fraction of sp³-hybridized carbons (Fsp3) is 1.00. The number of rotatable bonds is 20. The standard InChI is InChI=1S/C22H46O4S.Na/c1-3-18-22(27(24,25)26)20-17-15-13-11-9-7-5-4-6-8-10-12-14-16-19-21(2)23;/h21-23H,3-20H2,1-2H3,(H,24,25,26);/q;+1/p-1. The quantitative estimate of drug-likeness (QED) is 0.183. The molecule has 0 amide bonds. The van der Waals surface area contributed by atoms with Crippen molar-refractivity contribution in [3.63, 3.8) is 0 Å². The van der Waals surface area contributed by atoms with Crippen molar-refractivity contribution in [2.45, 2.75) is 141 Å². The summed E-state index contributed by atoms with van der Waals surface area (Å²) in [4.78, 5) is 0. The van der Waals surface area contributed by atoms with Crippen LogP contribution in [0.25, 0.3) is 0 Å². The maximum absolute atomic E-state index is 11.2. The molecule has 0 saturated heterocycles. The summed E-state index contributed by atoms with van der Waals surface area (Å²) in [5, 5.41) is 8.53. The fourth-order valence-electron chi connectivity index (χ4n) is 3.69. The minimum atomic E-state index is -4.11. The second kappa shape index (κ2) is 21.1. The molecule has 0 aromatic heterocycles. The Bertz CT molecular complexity index is 413. The summed E-state index contributed by atoms with van der Waals surface area (Å²) in [6.07, 6.45) is 19.9. The summed E-state index contributed by atoms with van der Waals surface area (Å²) in [5.41, 5.74) is 0. The molecule has 1 N–H and O–H groups in total. The van der Waals surface area contributed by atoms with Gasteiger partial charge in [0.25, 0.3) is 0 Å². The Hall–Kier alpha value is 0.870. The molecular weight excluding hydrogens is 383 g/mol. The van der Waals surface area contributed by atoms with Crippen molar-refractivity contribution in [2.75, 3.05) is 0 Å². The predicted octanol–water partition coefficient (Wildman–Crippen LogP) is 3.33. The third kappa shape index (κ3) is 21.6. The zero-order valence-corrected chi connectivity index (χ0v) is 21.8. The van der Waals surface area contributed by atoms with E-state index < -0.39 is 15.4 Å². The van der Waals surface area contributed by atoms with Crippen LogP contribution in [0.2, 0.25) is 0 Å². The smallest absolute Gasteiger partial charge is 0.748 e. The number of aliphatic hydroxyl groups is 1. The van der Waals surface area contributed by atoms with Crippen molar-refractivity contribution >= 4 is 10.1 Å². The van der Waals surface area contributed by atoms with Gasteiger partial charge in [-0.05, 0) is 26.2 Å². The summed E-state index contributed by atoms with van der Waals surface area (Å²) in [6.45, 7) is 3.79. The van der Waals surface area contributed by atoms with E-state index in [1.54, 1.807) is 0 Å². The number of unbranched alkanes of at least 4 members (excludes halogenated alkanes) is 13. The van der Waals surface area contributed by atoms with Gasteiger partial charge >= 0.3 is 29.6 Å². The molecule has 0 radical (unpaired) electrons. The molecule has 0 aliphatic rings. The van der Waals surface area contributed by atoms with E-state index in [2.05, 4.69) is 0 Å².